The van der Waals surface area contributed by atoms with Crippen LogP contribution in [-0.2, 0) is 7.05 Å². The second-order valence-electron chi connectivity index (χ2n) is 4.31. The van der Waals surface area contributed by atoms with E-state index in [4.69, 9.17) is 5.73 Å². The number of anilines is 1. The molecule has 0 fully saturated rings. The van der Waals surface area contributed by atoms with Crippen molar-refractivity contribution in [3.05, 3.63) is 29.6 Å². The standard InChI is InChI=1S/C13H17N5OS/c1-4-15-12(19)10-6-5-9(14)7-11(10)20-13-17-16-8(2)18(13)3/h5-7H,4,14H2,1-3H3,(H,15,19). The van der Waals surface area contributed by atoms with Crippen molar-refractivity contribution in [2.24, 2.45) is 7.05 Å². The molecule has 0 spiro atoms. The first-order valence-electron chi connectivity index (χ1n) is 6.24. The van der Waals surface area contributed by atoms with Gasteiger partial charge in [0.25, 0.3) is 5.91 Å². The number of hydrogen-bond donors (Lipinski definition) is 2. The number of aromatic nitrogens is 3. The van der Waals surface area contributed by atoms with E-state index in [9.17, 15) is 4.79 Å². The lowest BCUT2D eigenvalue weighted by Gasteiger charge is -2.09. The van der Waals surface area contributed by atoms with Crippen molar-refractivity contribution < 1.29 is 4.79 Å². The second-order valence-corrected chi connectivity index (χ2v) is 5.32. The molecule has 1 aromatic heterocycles. The number of carbonyl (C=O) groups is 1. The van der Waals surface area contributed by atoms with E-state index in [0.29, 0.717) is 17.8 Å². The maximum Gasteiger partial charge on any atom is 0.252 e. The van der Waals surface area contributed by atoms with Crippen molar-refractivity contribution in [3.8, 4) is 0 Å². The van der Waals surface area contributed by atoms with Gasteiger partial charge in [-0.3, -0.25) is 4.79 Å². The molecule has 0 saturated carbocycles. The molecule has 0 bridgehead atoms. The van der Waals surface area contributed by atoms with Gasteiger partial charge in [-0.05, 0) is 43.8 Å². The Morgan fingerprint density at radius 2 is 2.20 bits per heavy atom. The van der Waals surface area contributed by atoms with E-state index >= 15 is 0 Å². The molecule has 6 nitrogen and oxygen atoms in total. The van der Waals surface area contributed by atoms with Crippen molar-refractivity contribution in [2.75, 3.05) is 12.3 Å². The summed E-state index contributed by atoms with van der Waals surface area (Å²) in [5, 5.41) is 11.6. The van der Waals surface area contributed by atoms with Crippen LogP contribution in [0.2, 0.25) is 0 Å². The van der Waals surface area contributed by atoms with Crippen LogP contribution in [0.1, 0.15) is 23.1 Å². The van der Waals surface area contributed by atoms with Gasteiger partial charge in [-0.25, -0.2) is 0 Å². The molecule has 1 amide bonds. The molecule has 0 radical (unpaired) electrons. The Balaban J connectivity index is 2.37. The van der Waals surface area contributed by atoms with Crippen LogP contribution in [0.15, 0.2) is 28.3 Å². The van der Waals surface area contributed by atoms with E-state index < -0.39 is 0 Å². The fourth-order valence-corrected chi connectivity index (χ4v) is 2.65. The number of amides is 1. The maximum atomic E-state index is 12.0. The van der Waals surface area contributed by atoms with Gasteiger partial charge < -0.3 is 15.6 Å². The van der Waals surface area contributed by atoms with E-state index in [1.807, 2.05) is 25.5 Å². The summed E-state index contributed by atoms with van der Waals surface area (Å²) in [6, 6.07) is 5.22. The maximum absolute atomic E-state index is 12.0. The Labute approximate surface area is 121 Å². The minimum absolute atomic E-state index is 0.117. The largest absolute Gasteiger partial charge is 0.399 e. The second kappa shape index (κ2) is 5.96. The first kappa shape index (κ1) is 14.4. The van der Waals surface area contributed by atoms with Crippen LogP contribution in [0.3, 0.4) is 0 Å². The summed E-state index contributed by atoms with van der Waals surface area (Å²) >= 11 is 1.38. The van der Waals surface area contributed by atoms with E-state index in [0.717, 1.165) is 15.9 Å². The fraction of sp³-hybridized carbons (Fsp3) is 0.308. The highest BCUT2D eigenvalue weighted by atomic mass is 32.2. The summed E-state index contributed by atoms with van der Waals surface area (Å²) in [4.78, 5) is 12.8. The van der Waals surface area contributed by atoms with Gasteiger partial charge in [0.2, 0.25) is 0 Å². The molecule has 0 unspecified atom stereocenters. The molecule has 3 N–H and O–H groups in total. The Hall–Kier alpha value is -2.02. The van der Waals surface area contributed by atoms with Gasteiger partial charge in [-0.1, -0.05) is 0 Å². The lowest BCUT2D eigenvalue weighted by atomic mass is 10.2. The number of hydrogen-bond acceptors (Lipinski definition) is 5. The molecule has 0 saturated heterocycles. The number of rotatable bonds is 4. The molecule has 2 aromatic rings. The van der Waals surface area contributed by atoms with E-state index in [-0.39, 0.29) is 5.91 Å². The third-order valence-electron chi connectivity index (χ3n) is 2.84. The third-order valence-corrected chi connectivity index (χ3v) is 3.94. The van der Waals surface area contributed by atoms with E-state index in [1.54, 1.807) is 18.2 Å². The summed E-state index contributed by atoms with van der Waals surface area (Å²) in [6.45, 7) is 4.34. The minimum Gasteiger partial charge on any atom is -0.399 e. The van der Waals surface area contributed by atoms with Crippen LogP contribution in [0, 0.1) is 6.92 Å². The molecule has 7 heteroatoms. The number of nitrogen functional groups attached to an aromatic ring is 1. The van der Waals surface area contributed by atoms with Crippen LogP contribution in [0.4, 0.5) is 5.69 Å². The van der Waals surface area contributed by atoms with Crippen LogP contribution in [0.25, 0.3) is 0 Å². The predicted molar refractivity (Wildman–Crippen MR) is 78.7 cm³/mol. The van der Waals surface area contributed by atoms with Gasteiger partial charge in [0.05, 0.1) is 5.56 Å². The molecule has 0 aliphatic rings. The average molecular weight is 291 g/mol. The third kappa shape index (κ3) is 2.93. The molecule has 20 heavy (non-hydrogen) atoms. The van der Waals surface area contributed by atoms with Crippen LogP contribution in [0.5, 0.6) is 0 Å². The van der Waals surface area contributed by atoms with Gasteiger partial charge in [-0.2, -0.15) is 0 Å². The zero-order valence-electron chi connectivity index (χ0n) is 11.7. The van der Waals surface area contributed by atoms with Crippen LogP contribution in [-0.4, -0.2) is 27.2 Å². The SMILES string of the molecule is CCNC(=O)c1ccc(N)cc1Sc1nnc(C)n1C. The molecule has 2 rings (SSSR count). The summed E-state index contributed by atoms with van der Waals surface area (Å²) in [5.41, 5.74) is 7.01. The number of aryl methyl sites for hydroxylation is 1. The van der Waals surface area contributed by atoms with Gasteiger partial charge in [0, 0.05) is 24.2 Å². The monoisotopic (exact) mass is 291 g/mol. The summed E-state index contributed by atoms with van der Waals surface area (Å²) in [5.74, 6) is 0.699. The highest BCUT2D eigenvalue weighted by molar-refractivity contribution is 7.99. The van der Waals surface area contributed by atoms with Gasteiger partial charge in [0.15, 0.2) is 5.16 Å². The normalized spacial score (nSPS) is 10.6. The molecule has 1 aromatic carbocycles. The Kier molecular flexibility index (Phi) is 4.29. The van der Waals surface area contributed by atoms with Crippen molar-refractivity contribution >= 4 is 23.4 Å². The number of benzene rings is 1. The minimum atomic E-state index is -0.117. The van der Waals surface area contributed by atoms with Crippen LogP contribution < -0.4 is 11.1 Å². The van der Waals surface area contributed by atoms with Crippen molar-refractivity contribution in [1.29, 1.82) is 0 Å². The number of nitrogens with one attached hydrogen (secondary N) is 1. The molecule has 106 valence electrons. The Morgan fingerprint density at radius 1 is 1.45 bits per heavy atom. The average Bonchev–Trinajstić information content (AvgIpc) is 2.71. The number of nitrogens with zero attached hydrogens (tertiary/aromatic N) is 3. The van der Waals surface area contributed by atoms with Crippen LogP contribution >= 0.6 is 11.8 Å². The highest BCUT2D eigenvalue weighted by Gasteiger charge is 2.15. The summed E-state index contributed by atoms with van der Waals surface area (Å²) < 4.78 is 1.87. The molecule has 0 aliphatic heterocycles. The zero-order chi connectivity index (χ0) is 14.7. The van der Waals surface area contributed by atoms with E-state index in [2.05, 4.69) is 15.5 Å². The van der Waals surface area contributed by atoms with E-state index in [1.165, 1.54) is 11.8 Å². The predicted octanol–water partition coefficient (Wildman–Crippen LogP) is 1.61. The molecular weight excluding hydrogens is 274 g/mol. The summed E-state index contributed by atoms with van der Waals surface area (Å²) in [6.07, 6.45) is 0. The molecule has 0 aliphatic carbocycles. The summed E-state index contributed by atoms with van der Waals surface area (Å²) in [7, 11) is 1.88. The van der Waals surface area contributed by atoms with Gasteiger partial charge in [0.1, 0.15) is 5.82 Å². The molecular formula is C13H17N5OS. The van der Waals surface area contributed by atoms with Gasteiger partial charge in [-0.15, -0.1) is 10.2 Å². The van der Waals surface area contributed by atoms with Crippen molar-refractivity contribution in [2.45, 2.75) is 23.9 Å². The number of carbonyl (C=O) groups excluding carboxylic acids is 1. The van der Waals surface area contributed by atoms with Gasteiger partial charge >= 0.3 is 0 Å². The van der Waals surface area contributed by atoms with Crippen molar-refractivity contribution in [3.63, 3.8) is 0 Å². The Morgan fingerprint density at radius 3 is 2.80 bits per heavy atom. The smallest absolute Gasteiger partial charge is 0.252 e. The lowest BCUT2D eigenvalue weighted by molar-refractivity contribution is 0.0953. The highest BCUT2D eigenvalue weighted by Crippen LogP contribution is 2.30. The first-order chi connectivity index (χ1) is 9.52. The molecule has 1 heterocycles. The quantitative estimate of drug-likeness (QED) is 0.836. The number of nitrogens with two attached hydrogens (primary N) is 1. The van der Waals surface area contributed by atoms with Crippen molar-refractivity contribution in [1.82, 2.24) is 20.1 Å². The molecule has 0 atom stereocenters. The lowest BCUT2D eigenvalue weighted by Crippen LogP contribution is -2.23. The Bertz CT molecular complexity index is 638. The zero-order valence-corrected chi connectivity index (χ0v) is 12.5. The first-order valence-corrected chi connectivity index (χ1v) is 7.06. The topological polar surface area (TPSA) is 85.8 Å². The fourth-order valence-electron chi connectivity index (χ4n) is 1.64.